The van der Waals surface area contributed by atoms with Crippen LogP contribution in [0, 0.1) is 6.92 Å². The summed E-state index contributed by atoms with van der Waals surface area (Å²) in [5, 5.41) is 2.75. The summed E-state index contributed by atoms with van der Waals surface area (Å²) in [5.41, 5.74) is 6.82. The van der Waals surface area contributed by atoms with Crippen LogP contribution < -0.4 is 20.5 Å². The van der Waals surface area contributed by atoms with Crippen LogP contribution in [0.4, 0.5) is 5.69 Å². The summed E-state index contributed by atoms with van der Waals surface area (Å²) in [5.74, 6) is 0.141. The van der Waals surface area contributed by atoms with Gasteiger partial charge in [0.05, 0.1) is 7.11 Å². The van der Waals surface area contributed by atoms with E-state index in [1.54, 1.807) is 50.2 Å². The molecule has 3 N–H and O–H groups in total. The first-order valence-electron chi connectivity index (χ1n) is 7.44. The second-order valence-corrected chi connectivity index (χ2v) is 5.24. The van der Waals surface area contributed by atoms with Crippen LogP contribution in [0.2, 0.25) is 0 Å². The van der Waals surface area contributed by atoms with Crippen LogP contribution >= 0.6 is 0 Å². The maximum absolute atomic E-state index is 12.4. The summed E-state index contributed by atoms with van der Waals surface area (Å²) in [6, 6.07) is 12.1. The average Bonchev–Trinajstić information content (AvgIpc) is 2.56. The van der Waals surface area contributed by atoms with E-state index in [4.69, 9.17) is 15.2 Å². The van der Waals surface area contributed by atoms with Gasteiger partial charge in [0.15, 0.2) is 17.6 Å². The van der Waals surface area contributed by atoms with Crippen molar-refractivity contribution in [3.8, 4) is 11.5 Å². The van der Waals surface area contributed by atoms with Gasteiger partial charge in [-0.05, 0) is 43.7 Å². The van der Waals surface area contributed by atoms with Crippen LogP contribution in [0.15, 0.2) is 42.5 Å². The summed E-state index contributed by atoms with van der Waals surface area (Å²) in [6.07, 6.45) is -0.752. The standard InChI is InChI=1S/C18H20N2O4/c1-11-13(17(19)21)7-6-8-14(11)20-18(22)12(2)24-16-10-5-4-9-15(16)23-3/h4-10,12H,1-3H3,(H2,19,21)(H,20,22)/t12-/m0/s1. The lowest BCUT2D eigenvalue weighted by atomic mass is 10.1. The van der Waals surface area contributed by atoms with Crippen molar-refractivity contribution in [2.24, 2.45) is 5.73 Å². The number of hydrogen-bond acceptors (Lipinski definition) is 4. The Labute approximate surface area is 140 Å². The second kappa shape index (κ2) is 7.50. The number of amides is 2. The first kappa shape index (κ1) is 17.3. The summed E-state index contributed by atoms with van der Waals surface area (Å²) in [6.45, 7) is 3.36. The van der Waals surface area contributed by atoms with Crippen molar-refractivity contribution in [1.82, 2.24) is 0 Å². The molecule has 0 saturated carbocycles. The van der Waals surface area contributed by atoms with E-state index in [-0.39, 0.29) is 5.91 Å². The summed E-state index contributed by atoms with van der Waals surface area (Å²) < 4.78 is 10.9. The van der Waals surface area contributed by atoms with Crippen molar-refractivity contribution in [2.45, 2.75) is 20.0 Å². The van der Waals surface area contributed by atoms with Gasteiger partial charge in [-0.25, -0.2) is 0 Å². The predicted octanol–water partition coefficient (Wildman–Crippen LogP) is 2.51. The third-order valence-corrected chi connectivity index (χ3v) is 3.60. The Hall–Kier alpha value is -3.02. The molecule has 0 spiro atoms. The van der Waals surface area contributed by atoms with E-state index in [0.717, 1.165) is 0 Å². The fourth-order valence-electron chi connectivity index (χ4n) is 2.23. The molecule has 0 fully saturated rings. The zero-order valence-corrected chi connectivity index (χ0v) is 13.8. The van der Waals surface area contributed by atoms with E-state index in [9.17, 15) is 9.59 Å². The molecule has 6 nitrogen and oxygen atoms in total. The van der Waals surface area contributed by atoms with Gasteiger partial charge in [-0.1, -0.05) is 18.2 Å². The maximum Gasteiger partial charge on any atom is 0.265 e. The number of anilines is 1. The molecule has 1 atom stereocenters. The number of benzene rings is 2. The minimum atomic E-state index is -0.752. The minimum Gasteiger partial charge on any atom is -0.493 e. The number of carbonyl (C=O) groups is 2. The Morgan fingerprint density at radius 1 is 1.08 bits per heavy atom. The Balaban J connectivity index is 2.12. The largest absolute Gasteiger partial charge is 0.493 e. The zero-order chi connectivity index (χ0) is 17.7. The highest BCUT2D eigenvalue weighted by atomic mass is 16.5. The number of carbonyl (C=O) groups excluding carboxylic acids is 2. The quantitative estimate of drug-likeness (QED) is 0.852. The van der Waals surface area contributed by atoms with Gasteiger partial charge in [0, 0.05) is 11.3 Å². The third-order valence-electron chi connectivity index (χ3n) is 3.60. The number of methoxy groups -OCH3 is 1. The van der Waals surface area contributed by atoms with Crippen LogP contribution in [-0.4, -0.2) is 25.0 Å². The molecule has 6 heteroatoms. The average molecular weight is 328 g/mol. The Bertz CT molecular complexity index is 758. The molecule has 0 unspecified atom stereocenters. The predicted molar refractivity (Wildman–Crippen MR) is 91.4 cm³/mol. The molecular formula is C18H20N2O4. The molecular weight excluding hydrogens is 308 g/mol. The molecule has 24 heavy (non-hydrogen) atoms. The molecule has 2 aromatic rings. The van der Waals surface area contributed by atoms with Crippen molar-refractivity contribution >= 4 is 17.5 Å². The maximum atomic E-state index is 12.4. The lowest BCUT2D eigenvalue weighted by molar-refractivity contribution is -0.122. The van der Waals surface area contributed by atoms with E-state index < -0.39 is 12.0 Å². The van der Waals surface area contributed by atoms with Crippen molar-refractivity contribution in [2.75, 3.05) is 12.4 Å². The van der Waals surface area contributed by atoms with Crippen LogP contribution in [0.5, 0.6) is 11.5 Å². The summed E-state index contributed by atoms with van der Waals surface area (Å²) in [7, 11) is 1.53. The second-order valence-electron chi connectivity index (χ2n) is 5.24. The smallest absolute Gasteiger partial charge is 0.265 e. The highest BCUT2D eigenvalue weighted by Gasteiger charge is 2.18. The van der Waals surface area contributed by atoms with Crippen LogP contribution in [-0.2, 0) is 4.79 Å². The molecule has 126 valence electrons. The molecule has 0 aliphatic carbocycles. The molecule has 2 rings (SSSR count). The highest BCUT2D eigenvalue weighted by Crippen LogP contribution is 2.27. The van der Waals surface area contributed by atoms with Crippen LogP contribution in [0.1, 0.15) is 22.8 Å². The zero-order valence-electron chi connectivity index (χ0n) is 13.8. The van der Waals surface area contributed by atoms with Gasteiger partial charge in [0.2, 0.25) is 5.91 Å². The van der Waals surface area contributed by atoms with E-state index in [1.165, 1.54) is 7.11 Å². The van der Waals surface area contributed by atoms with Crippen LogP contribution in [0.3, 0.4) is 0 Å². The molecule has 2 amide bonds. The number of hydrogen-bond donors (Lipinski definition) is 2. The molecule has 0 bridgehead atoms. The van der Waals surface area contributed by atoms with E-state index in [0.29, 0.717) is 28.3 Å². The first-order chi connectivity index (χ1) is 11.4. The van der Waals surface area contributed by atoms with Gasteiger partial charge < -0.3 is 20.5 Å². The Morgan fingerprint density at radius 3 is 2.38 bits per heavy atom. The molecule has 0 radical (unpaired) electrons. The molecule has 2 aromatic carbocycles. The fraction of sp³-hybridized carbons (Fsp3) is 0.222. The lowest BCUT2D eigenvalue weighted by Gasteiger charge is -2.17. The molecule has 0 aromatic heterocycles. The summed E-state index contributed by atoms with van der Waals surface area (Å²) >= 11 is 0. The number of primary amides is 1. The van der Waals surface area contributed by atoms with Gasteiger partial charge in [-0.3, -0.25) is 9.59 Å². The van der Waals surface area contributed by atoms with Crippen molar-refractivity contribution < 1.29 is 19.1 Å². The SMILES string of the molecule is COc1ccccc1O[C@@H](C)C(=O)Nc1cccc(C(N)=O)c1C. The van der Waals surface area contributed by atoms with Crippen molar-refractivity contribution in [3.63, 3.8) is 0 Å². The van der Waals surface area contributed by atoms with Gasteiger partial charge in [-0.15, -0.1) is 0 Å². The number of nitrogens with one attached hydrogen (secondary N) is 1. The lowest BCUT2D eigenvalue weighted by Crippen LogP contribution is -2.30. The van der Waals surface area contributed by atoms with Crippen molar-refractivity contribution in [3.05, 3.63) is 53.6 Å². The first-order valence-corrected chi connectivity index (χ1v) is 7.44. The Kier molecular flexibility index (Phi) is 5.42. The van der Waals surface area contributed by atoms with Gasteiger partial charge in [0.25, 0.3) is 5.91 Å². The number of ether oxygens (including phenoxy) is 2. The Morgan fingerprint density at radius 2 is 1.75 bits per heavy atom. The highest BCUT2D eigenvalue weighted by molar-refractivity contribution is 5.99. The van der Waals surface area contributed by atoms with E-state index in [2.05, 4.69) is 5.32 Å². The fourth-order valence-corrected chi connectivity index (χ4v) is 2.23. The molecule has 0 heterocycles. The van der Waals surface area contributed by atoms with E-state index in [1.807, 2.05) is 6.07 Å². The number of nitrogens with two attached hydrogens (primary N) is 1. The number of rotatable bonds is 6. The van der Waals surface area contributed by atoms with Crippen LogP contribution in [0.25, 0.3) is 0 Å². The molecule has 0 aliphatic rings. The number of para-hydroxylation sites is 2. The van der Waals surface area contributed by atoms with Gasteiger partial charge in [0.1, 0.15) is 0 Å². The normalized spacial score (nSPS) is 11.5. The molecule has 0 saturated heterocycles. The molecule has 0 aliphatic heterocycles. The third kappa shape index (κ3) is 3.84. The van der Waals surface area contributed by atoms with Gasteiger partial charge >= 0.3 is 0 Å². The summed E-state index contributed by atoms with van der Waals surface area (Å²) in [4.78, 5) is 23.7. The monoisotopic (exact) mass is 328 g/mol. The van der Waals surface area contributed by atoms with Crippen molar-refractivity contribution in [1.29, 1.82) is 0 Å². The van der Waals surface area contributed by atoms with E-state index >= 15 is 0 Å². The minimum absolute atomic E-state index is 0.342. The van der Waals surface area contributed by atoms with Gasteiger partial charge in [-0.2, -0.15) is 0 Å². The topological polar surface area (TPSA) is 90.7 Å².